The number of hydrogen-bond acceptors (Lipinski definition) is 3. The number of anilines is 2. The van der Waals surface area contributed by atoms with E-state index in [1.54, 1.807) is 6.07 Å². The summed E-state index contributed by atoms with van der Waals surface area (Å²) in [5.41, 5.74) is 3.04. The van der Waals surface area contributed by atoms with Crippen LogP contribution in [-0.2, 0) is 13.0 Å². The topological polar surface area (TPSA) is 28.2 Å². The number of halogens is 2. The molecule has 0 unspecified atom stereocenters. The van der Waals surface area contributed by atoms with E-state index in [4.69, 9.17) is 11.6 Å². The van der Waals surface area contributed by atoms with Gasteiger partial charge in [0.2, 0.25) is 0 Å². The molecule has 110 valence electrons. The van der Waals surface area contributed by atoms with Gasteiger partial charge in [-0.25, -0.2) is 9.37 Å². The number of nitrogens with one attached hydrogen (secondary N) is 1. The van der Waals surface area contributed by atoms with E-state index in [2.05, 4.69) is 17.2 Å². The fourth-order valence-corrected chi connectivity index (χ4v) is 2.90. The maximum absolute atomic E-state index is 13.5. The van der Waals surface area contributed by atoms with Crippen molar-refractivity contribution in [3.8, 4) is 0 Å². The Morgan fingerprint density at radius 1 is 1.38 bits per heavy atom. The van der Waals surface area contributed by atoms with E-state index >= 15 is 0 Å². The molecule has 1 aliphatic heterocycles. The predicted molar refractivity (Wildman–Crippen MR) is 83.7 cm³/mol. The minimum atomic E-state index is -0.236. The molecule has 1 aliphatic rings. The Bertz CT molecular complexity index is 660. The molecule has 0 saturated heterocycles. The number of hydrogen-bond donors (Lipinski definition) is 1. The average molecular weight is 306 g/mol. The zero-order valence-electron chi connectivity index (χ0n) is 11.9. The zero-order chi connectivity index (χ0) is 14.8. The van der Waals surface area contributed by atoms with Crippen molar-refractivity contribution >= 4 is 23.1 Å². The summed E-state index contributed by atoms with van der Waals surface area (Å²) in [6.45, 7) is 4.48. The molecule has 0 amide bonds. The van der Waals surface area contributed by atoms with Gasteiger partial charge in [-0.15, -0.1) is 0 Å². The summed E-state index contributed by atoms with van der Waals surface area (Å²) in [4.78, 5) is 6.46. The Hall–Kier alpha value is -1.65. The van der Waals surface area contributed by atoms with Gasteiger partial charge in [-0.1, -0.05) is 24.6 Å². The Labute approximate surface area is 128 Å². The van der Waals surface area contributed by atoms with Crippen LogP contribution in [0.3, 0.4) is 0 Å². The summed E-state index contributed by atoms with van der Waals surface area (Å²) in [5.74, 6) is 0.460. The normalized spacial score (nSPS) is 13.6. The van der Waals surface area contributed by atoms with E-state index in [1.807, 2.05) is 23.2 Å². The first kappa shape index (κ1) is 14.3. The van der Waals surface area contributed by atoms with Gasteiger partial charge in [0, 0.05) is 25.0 Å². The molecular formula is C16H17ClFN3. The zero-order valence-corrected chi connectivity index (χ0v) is 12.6. The van der Waals surface area contributed by atoms with Crippen LogP contribution in [0.4, 0.5) is 15.9 Å². The van der Waals surface area contributed by atoms with Gasteiger partial charge in [0.25, 0.3) is 0 Å². The second-order valence-corrected chi connectivity index (χ2v) is 5.51. The first-order valence-corrected chi connectivity index (χ1v) is 7.48. The maximum Gasteiger partial charge on any atom is 0.151 e. The van der Waals surface area contributed by atoms with Gasteiger partial charge < -0.3 is 10.2 Å². The summed E-state index contributed by atoms with van der Waals surface area (Å²) in [5, 5.41) is 3.84. The molecule has 1 N–H and O–H groups in total. The van der Waals surface area contributed by atoms with Crippen LogP contribution < -0.4 is 10.2 Å². The first-order valence-electron chi connectivity index (χ1n) is 7.10. The third-order valence-electron chi connectivity index (χ3n) is 3.66. The summed E-state index contributed by atoms with van der Waals surface area (Å²) in [6.07, 6.45) is 2.70. The molecule has 0 saturated carbocycles. The quantitative estimate of drug-likeness (QED) is 0.934. The molecule has 2 heterocycles. The number of benzene rings is 1. The van der Waals surface area contributed by atoms with E-state index < -0.39 is 0 Å². The molecule has 0 atom stereocenters. The van der Waals surface area contributed by atoms with Crippen LogP contribution in [0.5, 0.6) is 0 Å². The molecule has 0 fully saturated rings. The van der Waals surface area contributed by atoms with Crippen molar-refractivity contribution in [3.63, 3.8) is 0 Å². The third kappa shape index (κ3) is 2.87. The molecular weight excluding hydrogens is 289 g/mol. The van der Waals surface area contributed by atoms with Crippen molar-refractivity contribution in [2.75, 3.05) is 18.0 Å². The fraction of sp³-hybridized carbons (Fsp3) is 0.312. The van der Waals surface area contributed by atoms with Crippen molar-refractivity contribution in [1.82, 2.24) is 10.3 Å². The second-order valence-electron chi connectivity index (χ2n) is 5.10. The van der Waals surface area contributed by atoms with Gasteiger partial charge in [0.15, 0.2) is 5.82 Å². The van der Waals surface area contributed by atoms with Crippen LogP contribution in [0.2, 0.25) is 5.02 Å². The van der Waals surface area contributed by atoms with Crippen LogP contribution in [0.25, 0.3) is 0 Å². The molecule has 0 aliphatic carbocycles. The van der Waals surface area contributed by atoms with Gasteiger partial charge in [-0.2, -0.15) is 0 Å². The predicted octanol–water partition coefficient (Wildman–Crippen LogP) is 3.68. The highest BCUT2D eigenvalue weighted by Crippen LogP contribution is 2.37. The van der Waals surface area contributed by atoms with Crippen molar-refractivity contribution in [1.29, 1.82) is 0 Å². The standard InChI is InChI=1S/C16H17ClFN3/c1-2-19-9-11-7-14(17)16(20-10-11)21-6-5-12-3-4-13(18)8-15(12)21/h3-4,7-8,10,19H,2,5-6,9H2,1H3. The Morgan fingerprint density at radius 3 is 3.00 bits per heavy atom. The summed E-state index contributed by atoms with van der Waals surface area (Å²) in [7, 11) is 0. The highest BCUT2D eigenvalue weighted by Gasteiger charge is 2.23. The lowest BCUT2D eigenvalue weighted by molar-refractivity contribution is 0.628. The van der Waals surface area contributed by atoms with E-state index in [-0.39, 0.29) is 5.82 Å². The Morgan fingerprint density at radius 2 is 2.24 bits per heavy atom. The summed E-state index contributed by atoms with van der Waals surface area (Å²) in [6, 6.07) is 6.80. The van der Waals surface area contributed by atoms with Gasteiger partial charge >= 0.3 is 0 Å². The molecule has 2 aromatic rings. The molecule has 1 aromatic carbocycles. The van der Waals surface area contributed by atoms with Crippen LogP contribution in [0.1, 0.15) is 18.1 Å². The second kappa shape index (κ2) is 6.00. The highest BCUT2D eigenvalue weighted by atomic mass is 35.5. The van der Waals surface area contributed by atoms with Gasteiger partial charge in [0.05, 0.1) is 5.02 Å². The molecule has 0 bridgehead atoms. The smallest absolute Gasteiger partial charge is 0.151 e. The third-order valence-corrected chi connectivity index (χ3v) is 3.93. The van der Waals surface area contributed by atoms with Crippen molar-refractivity contribution < 1.29 is 4.39 Å². The molecule has 21 heavy (non-hydrogen) atoms. The number of fused-ring (bicyclic) bond motifs is 1. The summed E-state index contributed by atoms with van der Waals surface area (Å²) >= 11 is 6.37. The maximum atomic E-state index is 13.5. The van der Waals surface area contributed by atoms with Crippen LogP contribution in [0, 0.1) is 5.82 Å². The van der Waals surface area contributed by atoms with E-state index in [0.717, 1.165) is 42.9 Å². The Balaban J connectivity index is 1.91. The fourth-order valence-electron chi connectivity index (χ4n) is 2.61. The molecule has 1 aromatic heterocycles. The molecule has 0 radical (unpaired) electrons. The van der Waals surface area contributed by atoms with E-state index in [9.17, 15) is 4.39 Å². The Kier molecular flexibility index (Phi) is 4.08. The number of aromatic nitrogens is 1. The van der Waals surface area contributed by atoms with Crippen LogP contribution >= 0.6 is 11.6 Å². The highest BCUT2D eigenvalue weighted by molar-refractivity contribution is 6.33. The molecule has 3 rings (SSSR count). The van der Waals surface area contributed by atoms with Gasteiger partial charge in [0.1, 0.15) is 5.82 Å². The van der Waals surface area contributed by atoms with Crippen molar-refractivity contribution in [2.24, 2.45) is 0 Å². The first-order chi connectivity index (χ1) is 10.2. The molecule has 5 heteroatoms. The number of nitrogens with zero attached hydrogens (tertiary/aromatic N) is 2. The monoisotopic (exact) mass is 305 g/mol. The largest absolute Gasteiger partial charge is 0.324 e. The van der Waals surface area contributed by atoms with Gasteiger partial charge in [-0.3, -0.25) is 0 Å². The average Bonchev–Trinajstić information content (AvgIpc) is 2.88. The summed E-state index contributed by atoms with van der Waals surface area (Å²) < 4.78 is 13.5. The van der Waals surface area contributed by atoms with Gasteiger partial charge in [-0.05, 0) is 42.3 Å². The minimum Gasteiger partial charge on any atom is -0.324 e. The lowest BCUT2D eigenvalue weighted by Crippen LogP contribution is -2.16. The van der Waals surface area contributed by atoms with E-state index in [1.165, 1.54) is 6.07 Å². The minimum absolute atomic E-state index is 0.236. The van der Waals surface area contributed by atoms with Crippen molar-refractivity contribution in [2.45, 2.75) is 19.9 Å². The lowest BCUT2D eigenvalue weighted by atomic mass is 10.2. The number of rotatable bonds is 4. The van der Waals surface area contributed by atoms with Crippen LogP contribution in [-0.4, -0.2) is 18.1 Å². The van der Waals surface area contributed by atoms with E-state index in [0.29, 0.717) is 10.8 Å². The number of pyridine rings is 1. The SMILES string of the molecule is CCNCc1cnc(N2CCc3ccc(F)cc32)c(Cl)c1. The lowest BCUT2D eigenvalue weighted by Gasteiger charge is -2.20. The van der Waals surface area contributed by atoms with Crippen molar-refractivity contribution in [3.05, 3.63) is 52.4 Å². The molecule has 3 nitrogen and oxygen atoms in total. The van der Waals surface area contributed by atoms with Crippen LogP contribution in [0.15, 0.2) is 30.5 Å². The molecule has 0 spiro atoms.